The lowest BCUT2D eigenvalue weighted by Crippen LogP contribution is -2.61. The van der Waals surface area contributed by atoms with Crippen molar-refractivity contribution in [2.75, 3.05) is 95.2 Å². The molecule has 6 aromatic heterocycles. The molecular formula is C96H123N21O16. The number of ketones is 3. The second-order valence-electron chi connectivity index (χ2n) is 36.3. The number of piperidine rings is 1. The van der Waals surface area contributed by atoms with E-state index in [9.17, 15) is 53.7 Å². The van der Waals surface area contributed by atoms with Crippen LogP contribution in [0.25, 0.3) is 33.3 Å². The molecule has 0 radical (unpaired) electrons. The molecule has 708 valence electrons. The van der Waals surface area contributed by atoms with Gasteiger partial charge in [-0.25, -0.2) is 59.1 Å². The van der Waals surface area contributed by atoms with Crippen LogP contribution in [0.4, 0.5) is 22.5 Å². The average molecular weight is 1830 g/mol. The number of carbonyl (C=O) groups is 8. The largest absolute Gasteiger partial charge is 0.459 e. The maximum absolute atomic E-state index is 14.8. The number of aliphatic imine (C=N–C) groups is 2. The van der Waals surface area contributed by atoms with E-state index in [-0.39, 0.29) is 61.6 Å². The number of benzene rings is 1. The number of H-pyrrole nitrogens is 1. The lowest BCUT2D eigenvalue weighted by atomic mass is 9.80. The smallest absolute Gasteiger partial charge is 0.407 e. The third-order valence-electron chi connectivity index (χ3n) is 26.9. The van der Waals surface area contributed by atoms with Gasteiger partial charge >= 0.3 is 12.1 Å². The molecule has 133 heavy (non-hydrogen) atoms. The number of Topliss-reactive ketones (excluding diaryl/α,β-unsaturated/α-hetero) is 3. The Morgan fingerprint density at radius 1 is 0.759 bits per heavy atom. The summed E-state index contributed by atoms with van der Waals surface area (Å²) < 4.78 is 32.1. The Morgan fingerprint density at radius 3 is 2.21 bits per heavy atom. The molecule has 37 nitrogen and oxygen atoms in total. The Kier molecular flexibility index (Phi) is 31.7. The summed E-state index contributed by atoms with van der Waals surface area (Å²) in [6.07, 6.45) is 20.0. The first kappa shape index (κ1) is 96.8. The van der Waals surface area contributed by atoms with Gasteiger partial charge in [-0.05, 0) is 150 Å². The van der Waals surface area contributed by atoms with E-state index in [0.717, 1.165) is 43.8 Å². The molecule has 7 aliphatic rings. The van der Waals surface area contributed by atoms with Crippen LogP contribution in [0.5, 0.6) is 0 Å². The standard InChI is InChI=1S/C96H123N21O16/c1-56-16-12-11-13-17-57(2)76(129-9)44-71-23-19-62(7)96(128,133-71)84(122)90(125)116-28-15-14-18-73(116)91(126)131-77(45-74(118)58(3)39-60(5)82(120)83(121)81(119)59(4)38-56)72(97)41-63-21-24-75(78(42-63)130-10)132-95(127)107-49-65-47-103-93(104-48-65)113-34-36-114(37-35-113)94-105-51-70(52-106-94)89(124)111-30-32-112(33-31-111)92(99-8)102-46-61(6)88(123)115-29-26-66-40-64(20-22-68(66)54-115)53-117-87-79(85(98)108-55-109-87)80(110-117)69-43-67-25-27-100-86(67)101-50-69/h11-13,16-17,20,22,25,27,39-40,43,46-48,50-52,55-56,58-59,62-63,71-73,75-78,82-83,120-121,128H,8,14-15,18-19,21,23-24,26,28-38,41-42,44-45,49,53-54,97H2,1-7,9-10H3,(H,100,101)(H,107,127)(H2,98,108,109)/b13-11+,16-12+,57-17+,60-39+,61-46+,102-92+/t56-,58-,59-,62-,63+,71+,72-,73+,75-,76+,77+,78-,82-,83+,96-/m1/s1. The number of pyridine rings is 1. The number of amides is 4. The minimum atomic E-state index is -2.52. The number of hydrogen-bond acceptors (Lipinski definition) is 29. The molecule has 0 unspecified atom stereocenters. The number of esters is 1. The van der Waals surface area contributed by atoms with E-state index in [2.05, 4.69) is 74.0 Å². The highest BCUT2D eigenvalue weighted by molar-refractivity contribution is 6.39. The monoisotopic (exact) mass is 1830 g/mol. The molecule has 1 aromatic carbocycles. The highest BCUT2D eigenvalue weighted by Crippen LogP contribution is 2.39. The fourth-order valence-electron chi connectivity index (χ4n) is 18.9. The number of nitrogens with one attached hydrogen (secondary N) is 2. The summed E-state index contributed by atoms with van der Waals surface area (Å²) in [5.74, 6) is -8.12. The van der Waals surface area contributed by atoms with Crippen LogP contribution in [0.3, 0.4) is 0 Å². The number of ether oxygens (including phenoxy) is 5. The molecule has 15 atom stereocenters. The number of allylic oxidation sites excluding steroid dienone is 6. The number of aliphatic hydroxyl groups is 3. The molecule has 37 heteroatoms. The topological polar surface area (TPSA) is 475 Å². The van der Waals surface area contributed by atoms with Crippen LogP contribution >= 0.6 is 0 Å². The normalized spacial score (nSPS) is 27.9. The Hall–Kier alpha value is -12.3. The highest BCUT2D eigenvalue weighted by atomic mass is 16.6. The number of cyclic esters (lactones) is 1. The number of nitrogens with zero attached hydrogens (tertiary/aromatic N) is 17. The number of aromatic nitrogens is 10. The molecule has 0 spiro atoms. The molecule has 5 fully saturated rings. The van der Waals surface area contributed by atoms with E-state index in [0.29, 0.717) is 187 Å². The minimum Gasteiger partial charge on any atom is -0.459 e. The predicted octanol–water partition coefficient (Wildman–Crippen LogP) is 7.68. The summed E-state index contributed by atoms with van der Waals surface area (Å²) in [6.45, 7) is 21.0. The molecule has 4 saturated heterocycles. The number of piperazine rings is 2. The molecular weight excluding hydrogens is 1700 g/mol. The average Bonchev–Trinajstić information content (AvgIpc) is 1.74. The van der Waals surface area contributed by atoms with Crippen LogP contribution in [0.15, 0.2) is 143 Å². The molecule has 1 saturated carbocycles. The zero-order valence-electron chi connectivity index (χ0n) is 77.1. The lowest BCUT2D eigenvalue weighted by molar-refractivity contribution is -0.265. The van der Waals surface area contributed by atoms with Crippen LogP contribution in [0, 0.1) is 29.6 Å². The van der Waals surface area contributed by atoms with Crippen LogP contribution in [0.1, 0.15) is 158 Å². The van der Waals surface area contributed by atoms with Gasteiger partial charge in [0, 0.05) is 195 Å². The second kappa shape index (κ2) is 43.6. The van der Waals surface area contributed by atoms with Crippen molar-refractivity contribution in [1.29, 1.82) is 0 Å². The number of aromatic amines is 1. The molecule has 1 aliphatic carbocycles. The van der Waals surface area contributed by atoms with Gasteiger partial charge in [0.15, 0.2) is 11.4 Å². The number of methoxy groups -OCH3 is 2. The number of alkyl carbamates (subject to hydrolysis) is 1. The van der Waals surface area contributed by atoms with Gasteiger partial charge in [0.05, 0.1) is 35.8 Å². The van der Waals surface area contributed by atoms with Crippen molar-refractivity contribution >= 4 is 99.6 Å². The zero-order chi connectivity index (χ0) is 94.5. The van der Waals surface area contributed by atoms with Gasteiger partial charge < -0.3 is 90.2 Å². The molecule has 12 heterocycles. The Labute approximate surface area is 772 Å². The van der Waals surface area contributed by atoms with E-state index in [4.69, 9.17) is 40.3 Å². The van der Waals surface area contributed by atoms with Crippen molar-refractivity contribution in [2.45, 2.75) is 212 Å². The summed E-state index contributed by atoms with van der Waals surface area (Å²) in [4.78, 5) is 168. The fourth-order valence-corrected chi connectivity index (χ4v) is 18.9. The van der Waals surface area contributed by atoms with E-state index in [1.54, 1.807) is 70.7 Å². The van der Waals surface area contributed by atoms with Crippen LogP contribution in [0.2, 0.25) is 0 Å². The third kappa shape index (κ3) is 23.0. The van der Waals surface area contributed by atoms with E-state index in [1.807, 2.05) is 92.9 Å². The van der Waals surface area contributed by atoms with Crippen LogP contribution in [-0.2, 0) is 78.5 Å². The number of aliphatic hydroxyl groups excluding tert-OH is 2. The first-order valence-corrected chi connectivity index (χ1v) is 46.0. The second-order valence-corrected chi connectivity index (χ2v) is 36.3. The maximum Gasteiger partial charge on any atom is 0.407 e. The number of hydrogen-bond donors (Lipinski definition) is 7. The summed E-state index contributed by atoms with van der Waals surface area (Å²) in [5, 5.41) is 44.1. The van der Waals surface area contributed by atoms with Crippen molar-refractivity contribution in [1.82, 2.24) is 74.6 Å². The zero-order valence-corrected chi connectivity index (χ0v) is 77.1. The molecule has 14 rings (SSSR count). The van der Waals surface area contributed by atoms with Crippen LogP contribution in [-0.4, -0.2) is 285 Å². The number of guanidine groups is 1. The fraction of sp³-hybridized carbons (Fsp3) is 0.521. The quantitative estimate of drug-likeness (QED) is 0.0122. The SMILES string of the molecule is C=N/C(=N\C=C(/C)C(=O)N1CCc2cc(Cn3nc(-c4cnc5[nH]ccc5c4)c4c(N)ncnc43)ccc2C1)N1CCN(C(=O)c2cnc(N3CCN(c4ncc(CNC(=O)O[C@@H]5CC[C@@H](C[C@@H](N)[C@@H]6CC(=O)[C@H](C)/C=C(\C)[C@@H](O)[C@@H](O)C(=O)[C@H](C)C[C@H](C)/C=C/C=C/C=C(\C)[C@@H](OC)C[C@@H]7CC[C@@H](C)[C@@](O)(O7)C(=O)C(=O)N7CCCC[C@H]7C(=O)O6)C[C@H]5OC)cn4)CC3)nc2)CC1. The molecule has 4 amide bonds. The number of nitrogens with two attached hydrogens (primary N) is 2. The summed E-state index contributed by atoms with van der Waals surface area (Å²) >= 11 is 0. The first-order chi connectivity index (χ1) is 63.9. The van der Waals surface area contributed by atoms with Gasteiger partial charge in [0.1, 0.15) is 59.7 Å². The molecule has 9 N–H and O–H groups in total. The first-order valence-electron chi connectivity index (χ1n) is 46.0. The number of rotatable bonds is 16. The Balaban J connectivity index is 0.526. The Bertz CT molecular complexity index is 5580. The molecule has 6 aliphatic heterocycles. The van der Waals surface area contributed by atoms with E-state index >= 15 is 0 Å². The number of nitrogen functional groups attached to an aromatic ring is 1. The van der Waals surface area contributed by atoms with Gasteiger partial charge in [0.2, 0.25) is 23.6 Å². The van der Waals surface area contributed by atoms with Gasteiger partial charge in [-0.2, -0.15) is 5.10 Å². The van der Waals surface area contributed by atoms with Crippen LogP contribution < -0.4 is 26.6 Å². The van der Waals surface area contributed by atoms with Gasteiger partial charge in [0.25, 0.3) is 23.5 Å². The summed E-state index contributed by atoms with van der Waals surface area (Å²) in [5.41, 5.74) is 22.0. The van der Waals surface area contributed by atoms with Gasteiger partial charge in [-0.3, -0.25) is 28.8 Å². The summed E-state index contributed by atoms with van der Waals surface area (Å²) in [6, 6.07) is 7.96. The van der Waals surface area contributed by atoms with Gasteiger partial charge in [-0.15, -0.1) is 0 Å². The van der Waals surface area contributed by atoms with Crippen molar-refractivity contribution in [3.05, 3.63) is 161 Å². The highest BCUT2D eigenvalue weighted by Gasteiger charge is 2.53. The number of anilines is 3. The van der Waals surface area contributed by atoms with E-state index < -0.39 is 120 Å². The van der Waals surface area contributed by atoms with Crippen molar-refractivity contribution in [2.24, 2.45) is 45.3 Å². The van der Waals surface area contributed by atoms with Crippen molar-refractivity contribution < 1.29 is 77.4 Å². The van der Waals surface area contributed by atoms with E-state index in [1.165, 1.54) is 32.6 Å². The van der Waals surface area contributed by atoms with Crippen molar-refractivity contribution in [3.8, 4) is 11.3 Å². The number of fused-ring (bicyclic) bond motifs is 6. The van der Waals surface area contributed by atoms with Gasteiger partial charge in [-0.1, -0.05) is 82.4 Å². The lowest BCUT2D eigenvalue weighted by Gasteiger charge is -2.42. The van der Waals surface area contributed by atoms with Crippen molar-refractivity contribution in [3.63, 3.8) is 0 Å². The molecule has 7 aromatic rings. The third-order valence-corrected chi connectivity index (χ3v) is 26.9. The maximum atomic E-state index is 14.8. The minimum absolute atomic E-state index is 0.0120. The molecule has 2 bridgehead atoms. The Morgan fingerprint density at radius 2 is 1.49 bits per heavy atom. The predicted molar refractivity (Wildman–Crippen MR) is 496 cm³/mol. The summed E-state index contributed by atoms with van der Waals surface area (Å²) in [7, 11) is 3.06. The number of carbonyl (C=O) groups excluding carboxylic acids is 8.